The number of rotatable bonds is 4. The van der Waals surface area contributed by atoms with Crippen molar-refractivity contribution < 1.29 is 14.4 Å². The Hall–Kier alpha value is -3.15. The highest BCUT2D eigenvalue weighted by molar-refractivity contribution is 6.01. The van der Waals surface area contributed by atoms with Crippen molar-refractivity contribution in [1.82, 2.24) is 9.80 Å². The second-order valence-electron chi connectivity index (χ2n) is 7.87. The maximum absolute atomic E-state index is 13.1. The lowest BCUT2D eigenvalue weighted by Crippen LogP contribution is -2.52. The first-order valence-electron chi connectivity index (χ1n) is 10.6. The molecule has 0 unspecified atom stereocenters. The van der Waals surface area contributed by atoms with Gasteiger partial charge in [0.15, 0.2) is 0 Å². The van der Waals surface area contributed by atoms with Crippen molar-refractivity contribution in [3.05, 3.63) is 65.7 Å². The number of hydrogen-bond acceptors (Lipinski definition) is 3. The molecule has 0 aliphatic carbocycles. The summed E-state index contributed by atoms with van der Waals surface area (Å²) in [6.45, 7) is 4.54. The number of anilines is 1. The van der Waals surface area contributed by atoms with E-state index in [1.54, 1.807) is 9.80 Å². The minimum atomic E-state index is -0.321. The Morgan fingerprint density at radius 1 is 0.900 bits per heavy atom. The minimum absolute atomic E-state index is 0.00101. The van der Waals surface area contributed by atoms with Crippen LogP contribution in [0, 0.1) is 5.92 Å². The molecule has 2 heterocycles. The number of carbonyl (C=O) groups is 3. The van der Waals surface area contributed by atoms with E-state index in [1.807, 2.05) is 59.5 Å². The summed E-state index contributed by atoms with van der Waals surface area (Å²) in [4.78, 5) is 43.7. The van der Waals surface area contributed by atoms with Crippen LogP contribution in [-0.4, -0.2) is 60.2 Å². The number of para-hydroxylation sites is 1. The van der Waals surface area contributed by atoms with Gasteiger partial charge in [0, 0.05) is 50.4 Å². The number of carbonyl (C=O) groups excluding carboxylic acids is 3. The molecular formula is C24H27N3O3. The van der Waals surface area contributed by atoms with Gasteiger partial charge in [-0.25, -0.2) is 0 Å². The molecule has 6 heteroatoms. The van der Waals surface area contributed by atoms with Gasteiger partial charge in [-0.05, 0) is 30.2 Å². The Morgan fingerprint density at radius 3 is 2.23 bits per heavy atom. The van der Waals surface area contributed by atoms with Gasteiger partial charge in [-0.3, -0.25) is 14.4 Å². The first kappa shape index (κ1) is 20.1. The first-order valence-corrected chi connectivity index (χ1v) is 10.6. The van der Waals surface area contributed by atoms with E-state index in [0.717, 1.165) is 17.7 Å². The summed E-state index contributed by atoms with van der Waals surface area (Å²) in [5, 5.41) is 0. The van der Waals surface area contributed by atoms with Gasteiger partial charge in [-0.1, -0.05) is 43.3 Å². The quantitative estimate of drug-likeness (QED) is 0.786. The highest BCUT2D eigenvalue weighted by Gasteiger charge is 2.38. The van der Waals surface area contributed by atoms with Crippen LogP contribution in [0.25, 0.3) is 0 Å². The molecule has 0 radical (unpaired) electrons. The second kappa shape index (κ2) is 8.69. The van der Waals surface area contributed by atoms with Gasteiger partial charge in [0.2, 0.25) is 11.8 Å². The molecule has 30 heavy (non-hydrogen) atoms. The van der Waals surface area contributed by atoms with Gasteiger partial charge in [-0.15, -0.1) is 0 Å². The van der Waals surface area contributed by atoms with Crippen LogP contribution < -0.4 is 4.90 Å². The number of piperazine rings is 1. The fourth-order valence-electron chi connectivity index (χ4n) is 4.33. The lowest BCUT2D eigenvalue weighted by molar-refractivity contribution is -0.137. The summed E-state index contributed by atoms with van der Waals surface area (Å²) in [7, 11) is 0. The molecule has 0 aromatic heterocycles. The van der Waals surface area contributed by atoms with Gasteiger partial charge < -0.3 is 14.7 Å². The second-order valence-corrected chi connectivity index (χ2v) is 7.87. The van der Waals surface area contributed by atoms with Crippen molar-refractivity contribution >= 4 is 23.4 Å². The average molecular weight is 405 g/mol. The number of aryl methyl sites for hydroxylation is 1. The highest BCUT2D eigenvalue weighted by Crippen LogP contribution is 2.29. The Bertz CT molecular complexity index is 936. The van der Waals surface area contributed by atoms with Crippen molar-refractivity contribution in [1.29, 1.82) is 0 Å². The van der Waals surface area contributed by atoms with Crippen molar-refractivity contribution in [3.8, 4) is 0 Å². The maximum Gasteiger partial charge on any atom is 0.253 e. The molecule has 0 bridgehead atoms. The van der Waals surface area contributed by atoms with Crippen LogP contribution in [0.4, 0.5) is 5.69 Å². The van der Waals surface area contributed by atoms with Crippen LogP contribution in [0.3, 0.4) is 0 Å². The summed E-state index contributed by atoms with van der Waals surface area (Å²) in [6.07, 6.45) is 1.09. The standard InChI is InChI=1S/C24H27N3O3/c1-2-18-8-6-7-11-21(18)27-17-20(16-22(27)28)24(30)26-14-12-25(13-15-26)23(29)19-9-4-3-5-10-19/h3-11,20H,2,12-17H2,1H3/t20-/m1/s1. The summed E-state index contributed by atoms with van der Waals surface area (Å²) < 4.78 is 0. The molecule has 2 aromatic carbocycles. The largest absolute Gasteiger partial charge is 0.339 e. The number of hydrogen-bond donors (Lipinski definition) is 0. The van der Waals surface area contributed by atoms with E-state index in [9.17, 15) is 14.4 Å². The minimum Gasteiger partial charge on any atom is -0.339 e. The third-order valence-corrected chi connectivity index (χ3v) is 6.04. The number of nitrogens with zero attached hydrogens (tertiary/aromatic N) is 3. The van der Waals surface area contributed by atoms with Crippen LogP contribution in [0.5, 0.6) is 0 Å². The summed E-state index contributed by atoms with van der Waals surface area (Å²) in [5.74, 6) is -0.293. The Morgan fingerprint density at radius 2 is 1.53 bits per heavy atom. The van der Waals surface area contributed by atoms with Crippen molar-refractivity contribution in [2.45, 2.75) is 19.8 Å². The highest BCUT2D eigenvalue weighted by atomic mass is 16.2. The molecule has 2 saturated heterocycles. The molecule has 0 N–H and O–H groups in total. The maximum atomic E-state index is 13.1. The van der Waals surface area contributed by atoms with Crippen molar-refractivity contribution in [3.63, 3.8) is 0 Å². The molecule has 4 rings (SSSR count). The Balaban J connectivity index is 1.37. The lowest BCUT2D eigenvalue weighted by atomic mass is 10.1. The third-order valence-electron chi connectivity index (χ3n) is 6.04. The first-order chi connectivity index (χ1) is 14.6. The predicted molar refractivity (Wildman–Crippen MR) is 115 cm³/mol. The van der Waals surface area contributed by atoms with Crippen molar-refractivity contribution in [2.24, 2.45) is 5.92 Å². The van der Waals surface area contributed by atoms with E-state index in [4.69, 9.17) is 0 Å². The topological polar surface area (TPSA) is 60.9 Å². The molecule has 2 aromatic rings. The molecule has 2 aliphatic heterocycles. The molecular weight excluding hydrogens is 378 g/mol. The van der Waals surface area contributed by atoms with E-state index < -0.39 is 0 Å². The van der Waals surface area contributed by atoms with Crippen LogP contribution in [0.2, 0.25) is 0 Å². The molecule has 3 amide bonds. The van der Waals surface area contributed by atoms with E-state index in [-0.39, 0.29) is 30.1 Å². The number of benzene rings is 2. The molecule has 1 atom stereocenters. The van der Waals surface area contributed by atoms with Crippen LogP contribution in [-0.2, 0) is 16.0 Å². The van der Waals surface area contributed by atoms with E-state index in [0.29, 0.717) is 38.3 Å². The third kappa shape index (κ3) is 3.95. The van der Waals surface area contributed by atoms with Gasteiger partial charge in [0.05, 0.1) is 5.92 Å². The van der Waals surface area contributed by atoms with Gasteiger partial charge in [0.25, 0.3) is 5.91 Å². The van der Waals surface area contributed by atoms with Crippen LogP contribution in [0.1, 0.15) is 29.3 Å². The normalized spacial score (nSPS) is 19.3. The Labute approximate surface area is 177 Å². The number of amides is 3. The van der Waals surface area contributed by atoms with Crippen LogP contribution >= 0.6 is 0 Å². The fraction of sp³-hybridized carbons (Fsp3) is 0.375. The molecule has 156 valence electrons. The van der Waals surface area contributed by atoms with Gasteiger partial charge in [-0.2, -0.15) is 0 Å². The smallest absolute Gasteiger partial charge is 0.253 e. The van der Waals surface area contributed by atoms with Crippen LogP contribution in [0.15, 0.2) is 54.6 Å². The van der Waals surface area contributed by atoms with E-state index >= 15 is 0 Å². The lowest BCUT2D eigenvalue weighted by Gasteiger charge is -2.36. The molecule has 0 spiro atoms. The van der Waals surface area contributed by atoms with E-state index in [2.05, 4.69) is 6.92 Å². The summed E-state index contributed by atoms with van der Waals surface area (Å²) in [6, 6.07) is 17.1. The zero-order valence-corrected chi connectivity index (χ0v) is 17.3. The van der Waals surface area contributed by atoms with Gasteiger partial charge in [0.1, 0.15) is 0 Å². The summed E-state index contributed by atoms with van der Waals surface area (Å²) >= 11 is 0. The fourth-order valence-corrected chi connectivity index (χ4v) is 4.33. The molecule has 2 aliphatic rings. The Kier molecular flexibility index (Phi) is 5.84. The van der Waals surface area contributed by atoms with Crippen molar-refractivity contribution in [2.75, 3.05) is 37.6 Å². The molecule has 2 fully saturated rings. The monoisotopic (exact) mass is 405 g/mol. The predicted octanol–water partition coefficient (Wildman–Crippen LogP) is 2.59. The van der Waals surface area contributed by atoms with E-state index in [1.165, 1.54) is 0 Å². The zero-order chi connectivity index (χ0) is 21.1. The molecule has 6 nitrogen and oxygen atoms in total. The molecule has 0 saturated carbocycles. The average Bonchev–Trinajstić information content (AvgIpc) is 3.20. The zero-order valence-electron chi connectivity index (χ0n) is 17.3. The summed E-state index contributed by atoms with van der Waals surface area (Å²) in [5.41, 5.74) is 2.70. The van der Waals surface area contributed by atoms with Gasteiger partial charge >= 0.3 is 0 Å². The SMILES string of the molecule is CCc1ccccc1N1C[C@H](C(=O)N2CCN(C(=O)c3ccccc3)CC2)CC1=O.